The van der Waals surface area contributed by atoms with Crippen molar-refractivity contribution in [2.45, 2.75) is 12.8 Å². The summed E-state index contributed by atoms with van der Waals surface area (Å²) < 4.78 is 5.60. The molecule has 0 saturated heterocycles. The highest BCUT2D eigenvalue weighted by molar-refractivity contribution is 6.35. The van der Waals surface area contributed by atoms with Crippen molar-refractivity contribution in [3.63, 3.8) is 0 Å². The molecule has 2 rings (SSSR count). The molecule has 0 unspecified atom stereocenters. The predicted molar refractivity (Wildman–Crippen MR) is 71.3 cm³/mol. The van der Waals surface area contributed by atoms with Gasteiger partial charge in [0.1, 0.15) is 5.75 Å². The number of rotatable bonds is 5. The summed E-state index contributed by atoms with van der Waals surface area (Å²) in [5, 5.41) is 11.1. The molecule has 0 aromatic heterocycles. The first-order valence-corrected chi connectivity index (χ1v) is 6.08. The number of hydrogen-bond donors (Lipinski definition) is 1. The summed E-state index contributed by atoms with van der Waals surface area (Å²) in [5.41, 5.74) is 0. The SMILES string of the molecule is O=C(O)CCCOc1ccc(Cl)c2ccccc12. The van der Waals surface area contributed by atoms with Crippen LogP contribution in [0.2, 0.25) is 5.02 Å². The van der Waals surface area contributed by atoms with Crippen LogP contribution in [-0.4, -0.2) is 17.7 Å². The van der Waals surface area contributed by atoms with Gasteiger partial charge < -0.3 is 9.84 Å². The van der Waals surface area contributed by atoms with Crippen LogP contribution in [0.15, 0.2) is 36.4 Å². The van der Waals surface area contributed by atoms with Gasteiger partial charge in [-0.3, -0.25) is 4.79 Å². The van der Waals surface area contributed by atoms with Gasteiger partial charge in [-0.1, -0.05) is 35.9 Å². The fourth-order valence-corrected chi connectivity index (χ4v) is 1.99. The van der Waals surface area contributed by atoms with Crippen LogP contribution in [0.3, 0.4) is 0 Å². The van der Waals surface area contributed by atoms with Crippen molar-refractivity contribution in [1.82, 2.24) is 0 Å². The minimum absolute atomic E-state index is 0.117. The lowest BCUT2D eigenvalue weighted by molar-refractivity contribution is -0.137. The number of aliphatic carboxylic acids is 1. The molecule has 0 spiro atoms. The van der Waals surface area contributed by atoms with Gasteiger partial charge in [-0.15, -0.1) is 0 Å². The molecule has 0 atom stereocenters. The molecule has 1 N–H and O–H groups in total. The van der Waals surface area contributed by atoms with Gasteiger partial charge in [-0.2, -0.15) is 0 Å². The number of hydrogen-bond acceptors (Lipinski definition) is 2. The smallest absolute Gasteiger partial charge is 0.303 e. The molecule has 0 radical (unpaired) electrons. The average molecular weight is 265 g/mol. The largest absolute Gasteiger partial charge is 0.493 e. The average Bonchev–Trinajstić information content (AvgIpc) is 2.37. The summed E-state index contributed by atoms with van der Waals surface area (Å²) in [6, 6.07) is 11.3. The minimum Gasteiger partial charge on any atom is -0.493 e. The molecule has 0 aliphatic carbocycles. The van der Waals surface area contributed by atoms with Crippen molar-refractivity contribution in [1.29, 1.82) is 0 Å². The Balaban J connectivity index is 2.14. The van der Waals surface area contributed by atoms with E-state index in [1.165, 1.54) is 0 Å². The second-order valence-corrected chi connectivity index (χ2v) is 4.34. The third-order valence-corrected chi connectivity index (χ3v) is 2.95. The molecule has 4 heteroatoms. The summed E-state index contributed by atoms with van der Waals surface area (Å²) in [5.74, 6) is -0.0695. The summed E-state index contributed by atoms with van der Waals surface area (Å²) in [6.45, 7) is 0.387. The van der Waals surface area contributed by atoms with E-state index in [-0.39, 0.29) is 6.42 Å². The Labute approximate surface area is 110 Å². The van der Waals surface area contributed by atoms with E-state index >= 15 is 0 Å². The van der Waals surface area contributed by atoms with Crippen LogP contribution < -0.4 is 4.74 Å². The number of carboxylic acids is 1. The van der Waals surface area contributed by atoms with Gasteiger partial charge >= 0.3 is 5.97 Å². The summed E-state index contributed by atoms with van der Waals surface area (Å²) in [7, 11) is 0. The first-order chi connectivity index (χ1) is 8.68. The van der Waals surface area contributed by atoms with Gasteiger partial charge in [-0.25, -0.2) is 0 Å². The Morgan fingerprint density at radius 3 is 2.61 bits per heavy atom. The fraction of sp³-hybridized carbons (Fsp3) is 0.214. The Bertz CT molecular complexity index is 566. The van der Waals surface area contributed by atoms with E-state index in [0.717, 1.165) is 16.5 Å². The Morgan fingerprint density at radius 1 is 1.17 bits per heavy atom. The molecule has 0 heterocycles. The molecule has 18 heavy (non-hydrogen) atoms. The quantitative estimate of drug-likeness (QED) is 0.837. The van der Waals surface area contributed by atoms with E-state index in [0.29, 0.717) is 18.1 Å². The molecule has 2 aromatic rings. The molecule has 0 fully saturated rings. The second-order valence-electron chi connectivity index (χ2n) is 3.94. The second kappa shape index (κ2) is 5.74. The van der Waals surface area contributed by atoms with Gasteiger partial charge in [-0.05, 0) is 18.6 Å². The van der Waals surface area contributed by atoms with Crippen LogP contribution in [0.25, 0.3) is 10.8 Å². The zero-order valence-corrected chi connectivity index (χ0v) is 10.5. The first-order valence-electron chi connectivity index (χ1n) is 5.70. The van der Waals surface area contributed by atoms with Crippen molar-refractivity contribution in [2.75, 3.05) is 6.61 Å². The number of carboxylic acid groups (broad SMARTS) is 1. The maximum atomic E-state index is 10.4. The molecule has 2 aromatic carbocycles. The van der Waals surface area contributed by atoms with Gasteiger partial charge in [0.05, 0.1) is 6.61 Å². The Morgan fingerprint density at radius 2 is 1.89 bits per heavy atom. The summed E-state index contributed by atoms with van der Waals surface area (Å²) >= 11 is 6.10. The highest BCUT2D eigenvalue weighted by atomic mass is 35.5. The van der Waals surface area contributed by atoms with Crippen LogP contribution >= 0.6 is 11.6 Å². The lowest BCUT2D eigenvalue weighted by Gasteiger charge is -2.09. The van der Waals surface area contributed by atoms with Gasteiger partial charge in [0, 0.05) is 22.2 Å². The first kappa shape index (κ1) is 12.7. The lowest BCUT2D eigenvalue weighted by Crippen LogP contribution is -2.02. The van der Waals surface area contributed by atoms with Crippen molar-refractivity contribution < 1.29 is 14.6 Å². The topological polar surface area (TPSA) is 46.5 Å². The maximum Gasteiger partial charge on any atom is 0.303 e. The van der Waals surface area contributed by atoms with Crippen LogP contribution in [0.4, 0.5) is 0 Å². The minimum atomic E-state index is -0.806. The van der Waals surface area contributed by atoms with E-state index in [1.807, 2.05) is 30.3 Å². The monoisotopic (exact) mass is 264 g/mol. The molecule has 0 aliphatic heterocycles. The lowest BCUT2D eigenvalue weighted by atomic mass is 10.1. The maximum absolute atomic E-state index is 10.4. The van der Waals surface area contributed by atoms with Gasteiger partial charge in [0.2, 0.25) is 0 Å². The zero-order chi connectivity index (χ0) is 13.0. The van der Waals surface area contributed by atoms with E-state index in [9.17, 15) is 4.79 Å². The fourth-order valence-electron chi connectivity index (χ4n) is 1.77. The molecule has 0 bridgehead atoms. The number of ether oxygens (including phenoxy) is 1. The molecule has 0 amide bonds. The highest BCUT2D eigenvalue weighted by Crippen LogP contribution is 2.31. The Kier molecular flexibility index (Phi) is 4.05. The van der Waals surface area contributed by atoms with E-state index in [1.54, 1.807) is 6.07 Å². The van der Waals surface area contributed by atoms with Crippen LogP contribution in [0, 0.1) is 0 Å². The van der Waals surface area contributed by atoms with Crippen molar-refractivity contribution >= 4 is 28.3 Å². The van der Waals surface area contributed by atoms with E-state index in [4.69, 9.17) is 21.4 Å². The molecule has 94 valence electrons. The number of carbonyl (C=O) groups is 1. The highest BCUT2D eigenvalue weighted by Gasteiger charge is 2.05. The Hall–Kier alpha value is -1.74. The van der Waals surface area contributed by atoms with Crippen LogP contribution in [0.1, 0.15) is 12.8 Å². The third kappa shape index (κ3) is 2.93. The normalized spacial score (nSPS) is 10.5. The van der Waals surface area contributed by atoms with Crippen molar-refractivity contribution in [3.8, 4) is 5.75 Å². The molecular weight excluding hydrogens is 252 g/mol. The zero-order valence-electron chi connectivity index (χ0n) is 9.73. The predicted octanol–water partition coefficient (Wildman–Crippen LogP) is 3.74. The molecule has 0 saturated carbocycles. The van der Waals surface area contributed by atoms with Crippen molar-refractivity contribution in [3.05, 3.63) is 41.4 Å². The third-order valence-electron chi connectivity index (χ3n) is 2.62. The van der Waals surface area contributed by atoms with E-state index in [2.05, 4.69) is 0 Å². The molecular formula is C14H13ClO3. The number of benzene rings is 2. The molecule has 0 aliphatic rings. The molecule has 3 nitrogen and oxygen atoms in total. The van der Waals surface area contributed by atoms with Crippen LogP contribution in [-0.2, 0) is 4.79 Å². The van der Waals surface area contributed by atoms with Crippen molar-refractivity contribution in [2.24, 2.45) is 0 Å². The standard InChI is InChI=1S/C14H13ClO3/c15-12-7-8-13(18-9-3-6-14(16)17)11-5-2-1-4-10(11)12/h1-2,4-5,7-8H,3,6,9H2,(H,16,17). The van der Waals surface area contributed by atoms with Crippen LogP contribution in [0.5, 0.6) is 5.75 Å². The number of halogens is 1. The summed E-state index contributed by atoms with van der Waals surface area (Å²) in [4.78, 5) is 10.4. The van der Waals surface area contributed by atoms with E-state index < -0.39 is 5.97 Å². The van der Waals surface area contributed by atoms with Gasteiger partial charge in [0.25, 0.3) is 0 Å². The summed E-state index contributed by atoms with van der Waals surface area (Å²) in [6.07, 6.45) is 0.609. The number of fused-ring (bicyclic) bond motifs is 1. The van der Waals surface area contributed by atoms with Gasteiger partial charge in [0.15, 0.2) is 0 Å².